The van der Waals surface area contributed by atoms with Crippen LogP contribution >= 0.6 is 11.8 Å². The average molecular weight is 285 g/mol. The zero-order valence-corrected chi connectivity index (χ0v) is 13.2. The first-order valence-electron chi connectivity index (χ1n) is 7.39. The predicted molar refractivity (Wildman–Crippen MR) is 81.8 cm³/mol. The van der Waals surface area contributed by atoms with Gasteiger partial charge in [0.05, 0.1) is 0 Å². The minimum absolute atomic E-state index is 0.152. The van der Waals surface area contributed by atoms with Gasteiger partial charge >= 0.3 is 6.03 Å². The maximum Gasteiger partial charge on any atom is 0.317 e. The van der Waals surface area contributed by atoms with Crippen LogP contribution in [0.5, 0.6) is 0 Å². The van der Waals surface area contributed by atoms with Crippen molar-refractivity contribution in [2.75, 3.05) is 32.1 Å². The molecule has 1 aliphatic heterocycles. The third-order valence-electron chi connectivity index (χ3n) is 4.41. The molecule has 3 atom stereocenters. The first kappa shape index (κ1) is 15.0. The van der Waals surface area contributed by atoms with Crippen LogP contribution in [0, 0.1) is 0 Å². The molecule has 0 bridgehead atoms. The summed E-state index contributed by atoms with van der Waals surface area (Å²) in [5, 5.41) is 3.24. The molecule has 0 aromatic heterocycles. The van der Waals surface area contributed by atoms with Crippen molar-refractivity contribution in [1.29, 1.82) is 0 Å². The first-order valence-corrected chi connectivity index (χ1v) is 8.54. The highest BCUT2D eigenvalue weighted by atomic mass is 32.2. The predicted octanol–water partition coefficient (Wildman–Crippen LogP) is 2.01. The van der Waals surface area contributed by atoms with Gasteiger partial charge in [0.25, 0.3) is 0 Å². The number of urea groups is 1. The Morgan fingerprint density at radius 2 is 2.05 bits per heavy atom. The third-order valence-corrected chi connectivity index (χ3v) is 5.41. The second-order valence-corrected chi connectivity index (χ2v) is 7.25. The summed E-state index contributed by atoms with van der Waals surface area (Å²) < 4.78 is 0. The number of nitrogens with zero attached hydrogens (tertiary/aromatic N) is 2. The van der Waals surface area contributed by atoms with E-state index >= 15 is 0 Å². The maximum atomic E-state index is 12.4. The largest absolute Gasteiger partial charge is 0.335 e. The number of nitrogens with one attached hydrogen (secondary N) is 1. The molecule has 5 heteroatoms. The molecule has 2 aliphatic rings. The highest BCUT2D eigenvalue weighted by Gasteiger charge is 2.29. The van der Waals surface area contributed by atoms with Crippen LogP contribution in [-0.2, 0) is 0 Å². The molecule has 110 valence electrons. The van der Waals surface area contributed by atoms with Gasteiger partial charge in [-0.05, 0) is 52.5 Å². The van der Waals surface area contributed by atoms with Gasteiger partial charge in [-0.25, -0.2) is 4.79 Å². The third kappa shape index (κ3) is 4.02. The Labute approximate surface area is 121 Å². The molecule has 1 heterocycles. The molecule has 1 saturated heterocycles. The van der Waals surface area contributed by atoms with Crippen LogP contribution in [0.2, 0.25) is 0 Å². The summed E-state index contributed by atoms with van der Waals surface area (Å²) in [5.74, 6) is 2.25. The Balaban J connectivity index is 1.83. The average Bonchev–Trinajstić information content (AvgIpc) is 2.71. The molecule has 1 N–H and O–H groups in total. The Hall–Kier alpha value is -0.420. The quantitative estimate of drug-likeness (QED) is 0.843. The van der Waals surface area contributed by atoms with Crippen LogP contribution in [-0.4, -0.2) is 66.1 Å². The van der Waals surface area contributed by atoms with Crippen LogP contribution in [0.25, 0.3) is 0 Å². The maximum absolute atomic E-state index is 12.4. The van der Waals surface area contributed by atoms with Crippen LogP contribution in [0.4, 0.5) is 4.79 Å². The summed E-state index contributed by atoms with van der Waals surface area (Å²) in [6.07, 6.45) is 4.52. The second-order valence-electron chi connectivity index (χ2n) is 6.02. The smallest absolute Gasteiger partial charge is 0.317 e. The Bertz CT molecular complexity index is 311. The SMILES string of the molecule is C[C@@H]1CCSCCN1C(=O)N[C@H]1CC[C@H](N(C)C)C1. The van der Waals surface area contributed by atoms with Gasteiger partial charge in [0.15, 0.2) is 0 Å². The molecule has 2 fully saturated rings. The van der Waals surface area contributed by atoms with E-state index in [2.05, 4.69) is 31.2 Å². The van der Waals surface area contributed by atoms with Gasteiger partial charge in [-0.3, -0.25) is 0 Å². The summed E-state index contributed by atoms with van der Waals surface area (Å²) in [7, 11) is 4.26. The summed E-state index contributed by atoms with van der Waals surface area (Å²) >= 11 is 1.96. The van der Waals surface area contributed by atoms with E-state index in [0.717, 1.165) is 31.6 Å². The van der Waals surface area contributed by atoms with Gasteiger partial charge in [0.2, 0.25) is 0 Å². The molecule has 1 saturated carbocycles. The molecule has 2 rings (SSSR count). The Morgan fingerprint density at radius 1 is 1.26 bits per heavy atom. The van der Waals surface area contributed by atoms with Gasteiger partial charge in [-0.1, -0.05) is 0 Å². The summed E-state index contributed by atoms with van der Waals surface area (Å²) in [5.41, 5.74) is 0. The molecule has 0 aromatic rings. The minimum Gasteiger partial charge on any atom is -0.335 e. The highest BCUT2D eigenvalue weighted by Crippen LogP contribution is 2.23. The number of thioether (sulfide) groups is 1. The van der Waals surface area contributed by atoms with Crippen molar-refractivity contribution in [2.24, 2.45) is 0 Å². The van der Waals surface area contributed by atoms with E-state index in [9.17, 15) is 4.79 Å². The zero-order valence-electron chi connectivity index (χ0n) is 12.4. The van der Waals surface area contributed by atoms with Crippen molar-refractivity contribution in [1.82, 2.24) is 15.1 Å². The van der Waals surface area contributed by atoms with Gasteiger partial charge in [0, 0.05) is 30.4 Å². The topological polar surface area (TPSA) is 35.6 Å². The fourth-order valence-electron chi connectivity index (χ4n) is 3.01. The minimum atomic E-state index is 0.152. The lowest BCUT2D eigenvalue weighted by molar-refractivity contribution is 0.178. The number of carbonyl (C=O) groups excluding carboxylic acids is 1. The number of carbonyl (C=O) groups is 1. The molecule has 1 aliphatic carbocycles. The van der Waals surface area contributed by atoms with Crippen molar-refractivity contribution >= 4 is 17.8 Å². The molecule has 4 nitrogen and oxygen atoms in total. The van der Waals surface area contributed by atoms with Gasteiger partial charge < -0.3 is 15.1 Å². The van der Waals surface area contributed by atoms with Gasteiger partial charge in [-0.15, -0.1) is 0 Å². The lowest BCUT2D eigenvalue weighted by Gasteiger charge is -2.29. The van der Waals surface area contributed by atoms with Crippen molar-refractivity contribution in [3.63, 3.8) is 0 Å². The highest BCUT2D eigenvalue weighted by molar-refractivity contribution is 7.99. The molecular formula is C14H27N3OS. The summed E-state index contributed by atoms with van der Waals surface area (Å²) in [6.45, 7) is 3.06. The Morgan fingerprint density at radius 3 is 2.74 bits per heavy atom. The molecule has 0 aromatic carbocycles. The van der Waals surface area contributed by atoms with Crippen LogP contribution in [0.3, 0.4) is 0 Å². The molecule has 2 amide bonds. The zero-order chi connectivity index (χ0) is 13.8. The van der Waals surface area contributed by atoms with Crippen molar-refractivity contribution in [3.05, 3.63) is 0 Å². The van der Waals surface area contributed by atoms with Crippen LogP contribution < -0.4 is 5.32 Å². The molecule has 0 spiro atoms. The number of hydrogen-bond acceptors (Lipinski definition) is 3. The number of amides is 2. The number of hydrogen-bond donors (Lipinski definition) is 1. The number of rotatable bonds is 2. The van der Waals surface area contributed by atoms with E-state index < -0.39 is 0 Å². The Kier molecular flexibility index (Phi) is 5.39. The van der Waals surface area contributed by atoms with Crippen LogP contribution in [0.1, 0.15) is 32.6 Å². The van der Waals surface area contributed by atoms with E-state index in [-0.39, 0.29) is 6.03 Å². The molecular weight excluding hydrogens is 258 g/mol. The standard InChI is InChI=1S/C14H27N3OS/c1-11-6-8-19-9-7-17(11)14(18)15-12-4-5-13(10-12)16(2)3/h11-13H,4-10H2,1-3H3,(H,15,18)/t11-,12+,13+/m1/s1. The summed E-state index contributed by atoms with van der Waals surface area (Å²) in [6, 6.07) is 1.52. The van der Waals surface area contributed by atoms with Crippen molar-refractivity contribution in [2.45, 2.75) is 50.7 Å². The first-order chi connectivity index (χ1) is 9.08. The lowest BCUT2D eigenvalue weighted by atomic mass is 10.2. The van der Waals surface area contributed by atoms with E-state index in [4.69, 9.17) is 0 Å². The fraction of sp³-hybridized carbons (Fsp3) is 0.929. The molecule has 0 radical (unpaired) electrons. The molecule has 0 unspecified atom stereocenters. The molecule has 19 heavy (non-hydrogen) atoms. The van der Waals surface area contributed by atoms with Gasteiger partial charge in [0.1, 0.15) is 0 Å². The second kappa shape index (κ2) is 6.84. The van der Waals surface area contributed by atoms with Crippen molar-refractivity contribution < 1.29 is 4.79 Å². The summed E-state index contributed by atoms with van der Waals surface area (Å²) in [4.78, 5) is 16.7. The van der Waals surface area contributed by atoms with Crippen molar-refractivity contribution in [3.8, 4) is 0 Å². The van der Waals surface area contributed by atoms with E-state index in [0.29, 0.717) is 18.1 Å². The fourth-order valence-corrected chi connectivity index (χ4v) is 4.05. The van der Waals surface area contributed by atoms with Crippen LogP contribution in [0.15, 0.2) is 0 Å². The van der Waals surface area contributed by atoms with E-state index in [1.54, 1.807) is 0 Å². The van der Waals surface area contributed by atoms with Gasteiger partial charge in [-0.2, -0.15) is 11.8 Å². The normalized spacial score (nSPS) is 32.4. The van der Waals surface area contributed by atoms with E-state index in [1.165, 1.54) is 12.2 Å². The lowest BCUT2D eigenvalue weighted by Crippen LogP contribution is -2.48. The monoisotopic (exact) mass is 285 g/mol. The van der Waals surface area contributed by atoms with E-state index in [1.807, 2.05) is 16.7 Å².